The van der Waals surface area contributed by atoms with Crippen molar-refractivity contribution in [3.05, 3.63) is 60.0 Å². The molecule has 1 N–H and O–H groups in total. The molecule has 0 aliphatic rings. The summed E-state index contributed by atoms with van der Waals surface area (Å²) < 4.78 is 21.1. The van der Waals surface area contributed by atoms with E-state index in [0.29, 0.717) is 31.1 Å². The molecule has 2 amide bonds. The van der Waals surface area contributed by atoms with E-state index in [0.717, 1.165) is 42.1 Å². The van der Waals surface area contributed by atoms with Crippen molar-refractivity contribution in [3.63, 3.8) is 0 Å². The van der Waals surface area contributed by atoms with Gasteiger partial charge in [-0.2, -0.15) is 0 Å². The van der Waals surface area contributed by atoms with Gasteiger partial charge in [0, 0.05) is 37.1 Å². The van der Waals surface area contributed by atoms with E-state index in [1.807, 2.05) is 43.7 Å². The van der Waals surface area contributed by atoms with Crippen molar-refractivity contribution in [3.8, 4) is 5.75 Å². The summed E-state index contributed by atoms with van der Waals surface area (Å²) in [5.41, 5.74) is 2.34. The second-order valence-corrected chi connectivity index (χ2v) is 8.72. The average Bonchev–Trinajstić information content (AvgIpc) is 3.26. The molecule has 0 unspecified atom stereocenters. The number of rotatable bonds is 11. The van der Waals surface area contributed by atoms with Gasteiger partial charge in [0.25, 0.3) is 0 Å². The number of fused-ring (bicyclic) bond motifs is 1. The molecular formula is C28H36FN3O3. The number of carbonyl (C=O) groups is 2. The summed E-state index contributed by atoms with van der Waals surface area (Å²) in [4.78, 5) is 27.5. The van der Waals surface area contributed by atoms with E-state index < -0.39 is 6.09 Å². The van der Waals surface area contributed by atoms with Crippen LogP contribution in [-0.2, 0) is 11.3 Å². The molecule has 0 radical (unpaired) electrons. The fourth-order valence-electron chi connectivity index (χ4n) is 4.23. The number of carbonyl (C=O) groups excluding carboxylic acids is 2. The molecule has 3 rings (SSSR count). The molecule has 1 heterocycles. The smallest absolute Gasteiger partial charge is 0.408 e. The van der Waals surface area contributed by atoms with Crippen molar-refractivity contribution in [2.45, 2.75) is 59.9 Å². The number of nitrogens with one attached hydrogen (secondary N) is 1. The second kappa shape index (κ2) is 12.4. The van der Waals surface area contributed by atoms with Gasteiger partial charge in [-0.05, 0) is 62.6 Å². The number of nitrogens with zero attached hydrogens (tertiary/aromatic N) is 2. The van der Waals surface area contributed by atoms with Crippen LogP contribution < -0.4 is 10.1 Å². The Hall–Kier alpha value is -3.35. The molecule has 35 heavy (non-hydrogen) atoms. The first-order valence-electron chi connectivity index (χ1n) is 12.6. The third kappa shape index (κ3) is 6.41. The Bertz CT molecular complexity index is 1140. The van der Waals surface area contributed by atoms with E-state index in [-0.39, 0.29) is 17.6 Å². The lowest BCUT2D eigenvalue weighted by molar-refractivity contribution is -0.120. The van der Waals surface area contributed by atoms with E-state index in [1.54, 1.807) is 23.1 Å². The molecule has 6 nitrogen and oxygen atoms in total. The molecule has 0 saturated heterocycles. The lowest BCUT2D eigenvalue weighted by Crippen LogP contribution is -2.33. The zero-order chi connectivity index (χ0) is 25.4. The Kier molecular flexibility index (Phi) is 9.29. The Morgan fingerprint density at radius 1 is 1.03 bits per heavy atom. The van der Waals surface area contributed by atoms with Gasteiger partial charge < -0.3 is 19.5 Å². The van der Waals surface area contributed by atoms with Crippen molar-refractivity contribution in [2.75, 3.05) is 18.4 Å². The molecule has 188 valence electrons. The van der Waals surface area contributed by atoms with Gasteiger partial charge in [-0.25, -0.2) is 9.18 Å². The zero-order valence-corrected chi connectivity index (χ0v) is 21.1. The Morgan fingerprint density at radius 2 is 1.74 bits per heavy atom. The highest BCUT2D eigenvalue weighted by molar-refractivity contribution is 6.05. The van der Waals surface area contributed by atoms with Crippen LogP contribution in [0.2, 0.25) is 0 Å². The van der Waals surface area contributed by atoms with Crippen LogP contribution in [0.25, 0.3) is 10.9 Å². The van der Waals surface area contributed by atoms with Crippen LogP contribution in [0.5, 0.6) is 5.75 Å². The number of unbranched alkanes of at least 4 members (excludes halogenated alkanes) is 1. The molecule has 1 aromatic heterocycles. The van der Waals surface area contributed by atoms with Gasteiger partial charge in [0.1, 0.15) is 5.82 Å². The standard InChI is InChI=1S/C28H36FN3O3/c1-5-9-10-21(6-2)27(33)30-26-23-17-18-32(19-20-11-13-22(29)14-12-20)24(23)15-16-25(26)35-28(34)31(7-3)8-4/h11-18,21H,5-10,19H2,1-4H3,(H,30,33)/t21-/m0/s1. The number of hydrogen-bond donors (Lipinski definition) is 1. The molecule has 1 atom stereocenters. The summed E-state index contributed by atoms with van der Waals surface area (Å²) in [6.07, 6.45) is 5.03. The minimum absolute atomic E-state index is 0.0696. The van der Waals surface area contributed by atoms with E-state index in [9.17, 15) is 14.0 Å². The lowest BCUT2D eigenvalue weighted by atomic mass is 9.98. The number of benzene rings is 2. The number of halogens is 1. The Labute approximate surface area is 207 Å². The van der Waals surface area contributed by atoms with Crippen LogP contribution in [0.3, 0.4) is 0 Å². The Balaban J connectivity index is 1.99. The molecule has 0 saturated carbocycles. The van der Waals surface area contributed by atoms with Crippen molar-refractivity contribution in [1.29, 1.82) is 0 Å². The highest BCUT2D eigenvalue weighted by Gasteiger charge is 2.22. The quantitative estimate of drug-likeness (QED) is 0.327. The van der Waals surface area contributed by atoms with Gasteiger partial charge in [0.15, 0.2) is 5.75 Å². The predicted octanol–water partition coefficient (Wildman–Crippen LogP) is 6.82. The maximum atomic E-state index is 13.3. The summed E-state index contributed by atoms with van der Waals surface area (Å²) in [6, 6.07) is 11.9. The van der Waals surface area contributed by atoms with E-state index in [4.69, 9.17) is 4.74 Å². The lowest BCUT2D eigenvalue weighted by Gasteiger charge is -2.21. The van der Waals surface area contributed by atoms with Crippen molar-refractivity contribution < 1.29 is 18.7 Å². The van der Waals surface area contributed by atoms with E-state index in [2.05, 4.69) is 12.2 Å². The molecule has 0 aliphatic carbocycles. The van der Waals surface area contributed by atoms with Crippen LogP contribution in [0.15, 0.2) is 48.7 Å². The van der Waals surface area contributed by atoms with Crippen LogP contribution >= 0.6 is 0 Å². The monoisotopic (exact) mass is 481 g/mol. The zero-order valence-electron chi connectivity index (χ0n) is 21.1. The summed E-state index contributed by atoms with van der Waals surface area (Å²) in [5, 5.41) is 3.87. The van der Waals surface area contributed by atoms with Crippen LogP contribution in [0, 0.1) is 11.7 Å². The molecule has 3 aromatic rings. The minimum atomic E-state index is -0.450. The number of anilines is 1. The van der Waals surface area contributed by atoms with E-state index >= 15 is 0 Å². The fourth-order valence-corrected chi connectivity index (χ4v) is 4.23. The van der Waals surface area contributed by atoms with E-state index in [1.165, 1.54) is 12.1 Å². The van der Waals surface area contributed by atoms with Gasteiger partial charge in [-0.15, -0.1) is 0 Å². The minimum Gasteiger partial charge on any atom is -0.408 e. The average molecular weight is 482 g/mol. The highest BCUT2D eigenvalue weighted by Crippen LogP contribution is 2.35. The highest BCUT2D eigenvalue weighted by atomic mass is 19.1. The van der Waals surface area contributed by atoms with Gasteiger partial charge in [-0.1, -0.05) is 38.8 Å². The van der Waals surface area contributed by atoms with Gasteiger partial charge in [0.2, 0.25) is 5.91 Å². The maximum Gasteiger partial charge on any atom is 0.415 e. The first kappa shape index (κ1) is 26.3. The van der Waals surface area contributed by atoms with Crippen molar-refractivity contribution in [2.24, 2.45) is 5.92 Å². The molecule has 0 aliphatic heterocycles. The van der Waals surface area contributed by atoms with Crippen LogP contribution in [0.4, 0.5) is 14.9 Å². The second-order valence-electron chi connectivity index (χ2n) is 8.72. The molecule has 2 aromatic carbocycles. The predicted molar refractivity (Wildman–Crippen MR) is 138 cm³/mol. The van der Waals surface area contributed by atoms with Crippen molar-refractivity contribution in [1.82, 2.24) is 9.47 Å². The molecule has 0 spiro atoms. The third-order valence-corrected chi connectivity index (χ3v) is 6.42. The molecule has 0 fully saturated rings. The summed E-state index contributed by atoms with van der Waals surface area (Å²) in [7, 11) is 0. The SMILES string of the molecule is CCCC[C@H](CC)C(=O)Nc1c(OC(=O)N(CC)CC)ccc2c1ccn2Cc1ccc(F)cc1. The first-order valence-corrected chi connectivity index (χ1v) is 12.6. The van der Waals surface area contributed by atoms with Crippen molar-refractivity contribution >= 4 is 28.6 Å². The normalized spacial score (nSPS) is 11.9. The van der Waals surface area contributed by atoms with Gasteiger partial charge >= 0.3 is 6.09 Å². The largest absolute Gasteiger partial charge is 0.415 e. The summed E-state index contributed by atoms with van der Waals surface area (Å²) in [5.74, 6) is -0.130. The topological polar surface area (TPSA) is 63.6 Å². The Morgan fingerprint density at radius 3 is 2.37 bits per heavy atom. The molecule has 7 heteroatoms. The summed E-state index contributed by atoms with van der Waals surface area (Å²) >= 11 is 0. The van der Waals surface area contributed by atoms with Crippen LogP contribution in [-0.4, -0.2) is 34.6 Å². The molecule has 0 bridgehead atoms. The number of ether oxygens (including phenoxy) is 1. The maximum absolute atomic E-state index is 13.3. The number of amides is 2. The summed E-state index contributed by atoms with van der Waals surface area (Å²) in [6.45, 7) is 9.52. The number of hydrogen-bond acceptors (Lipinski definition) is 3. The first-order chi connectivity index (χ1) is 16.9. The van der Waals surface area contributed by atoms with Gasteiger partial charge in [0.05, 0.1) is 11.2 Å². The third-order valence-electron chi connectivity index (χ3n) is 6.42. The van der Waals surface area contributed by atoms with Gasteiger partial charge in [-0.3, -0.25) is 4.79 Å². The van der Waals surface area contributed by atoms with Crippen LogP contribution in [0.1, 0.15) is 58.9 Å². The number of aromatic nitrogens is 1. The fraction of sp³-hybridized carbons (Fsp3) is 0.429. The molecular weight excluding hydrogens is 445 g/mol.